The Bertz CT molecular complexity index is 447. The maximum absolute atomic E-state index is 13.0. The Hall–Kier alpha value is -1.49. The van der Waals surface area contributed by atoms with Crippen molar-refractivity contribution in [1.29, 1.82) is 0 Å². The molecule has 98 valence electrons. The van der Waals surface area contributed by atoms with E-state index in [1.54, 1.807) is 0 Å². The first-order valence-electron chi connectivity index (χ1n) is 5.66. The zero-order valence-electron chi connectivity index (χ0n) is 9.60. The van der Waals surface area contributed by atoms with Crippen LogP contribution in [-0.2, 0) is 0 Å². The van der Waals surface area contributed by atoms with E-state index >= 15 is 0 Å². The normalized spacial score (nSPS) is 16.7. The molecule has 1 aromatic carbocycles. The van der Waals surface area contributed by atoms with E-state index in [1.807, 2.05) is 0 Å². The Kier molecular flexibility index (Phi) is 3.91. The fourth-order valence-electron chi connectivity index (χ4n) is 1.91. The summed E-state index contributed by atoms with van der Waals surface area (Å²) in [5, 5.41) is 8.83. The molecule has 1 aliphatic rings. The fourth-order valence-corrected chi connectivity index (χ4v) is 2.08. The third-order valence-electron chi connectivity index (χ3n) is 2.91. The Labute approximate surface area is 109 Å². The van der Waals surface area contributed by atoms with Gasteiger partial charge in [-0.1, -0.05) is 11.6 Å². The third-order valence-corrected chi connectivity index (χ3v) is 3.20. The van der Waals surface area contributed by atoms with Crippen LogP contribution in [0.3, 0.4) is 0 Å². The summed E-state index contributed by atoms with van der Waals surface area (Å²) in [6, 6.07) is 4.20. The highest BCUT2D eigenvalue weighted by atomic mass is 35.5. The maximum atomic E-state index is 13.0. The van der Waals surface area contributed by atoms with E-state index in [9.17, 15) is 9.18 Å². The Balaban J connectivity index is 1.91. The summed E-state index contributed by atoms with van der Waals surface area (Å²) in [6.07, 6.45) is 0.295. The standard InChI is InChI=1S/C12H13ClFNO3/c13-10-7-9(1-2-11(10)14)18-8-3-5-15(6-4-8)12(16)17/h1-2,7-8H,3-6H2,(H,16,17). The molecule has 2 rings (SSSR count). The molecule has 0 unspecified atom stereocenters. The number of likely N-dealkylation sites (tertiary alicyclic amines) is 1. The second kappa shape index (κ2) is 5.44. The van der Waals surface area contributed by atoms with Crippen LogP contribution >= 0.6 is 11.6 Å². The van der Waals surface area contributed by atoms with Crippen molar-refractivity contribution in [2.24, 2.45) is 0 Å². The van der Waals surface area contributed by atoms with Gasteiger partial charge in [0, 0.05) is 32.0 Å². The predicted octanol–water partition coefficient (Wildman–Crippen LogP) is 3.00. The van der Waals surface area contributed by atoms with Crippen molar-refractivity contribution in [2.75, 3.05) is 13.1 Å². The molecule has 0 aromatic heterocycles. The van der Waals surface area contributed by atoms with Gasteiger partial charge in [-0.3, -0.25) is 0 Å². The van der Waals surface area contributed by atoms with E-state index in [1.165, 1.54) is 23.1 Å². The Morgan fingerprint density at radius 1 is 1.44 bits per heavy atom. The Morgan fingerprint density at radius 2 is 2.11 bits per heavy atom. The monoisotopic (exact) mass is 273 g/mol. The van der Waals surface area contributed by atoms with Crippen LogP contribution in [0.15, 0.2) is 18.2 Å². The summed E-state index contributed by atoms with van der Waals surface area (Å²) >= 11 is 5.66. The van der Waals surface area contributed by atoms with Gasteiger partial charge < -0.3 is 14.7 Å². The molecule has 1 saturated heterocycles. The van der Waals surface area contributed by atoms with Crippen molar-refractivity contribution in [3.8, 4) is 5.75 Å². The molecule has 4 nitrogen and oxygen atoms in total. The van der Waals surface area contributed by atoms with Crippen molar-refractivity contribution in [2.45, 2.75) is 18.9 Å². The van der Waals surface area contributed by atoms with Gasteiger partial charge in [0.2, 0.25) is 0 Å². The van der Waals surface area contributed by atoms with Crippen molar-refractivity contribution in [3.05, 3.63) is 29.0 Å². The molecule has 0 bridgehead atoms. The second-order valence-corrected chi connectivity index (χ2v) is 4.57. The molecule has 1 fully saturated rings. The van der Waals surface area contributed by atoms with E-state index in [4.69, 9.17) is 21.4 Å². The number of ether oxygens (including phenoxy) is 1. The minimum Gasteiger partial charge on any atom is -0.490 e. The summed E-state index contributed by atoms with van der Waals surface area (Å²) in [5.41, 5.74) is 0. The van der Waals surface area contributed by atoms with Crippen LogP contribution in [-0.4, -0.2) is 35.3 Å². The first-order chi connectivity index (χ1) is 8.56. The smallest absolute Gasteiger partial charge is 0.407 e. The molecule has 0 radical (unpaired) electrons. The second-order valence-electron chi connectivity index (χ2n) is 4.16. The molecule has 1 aliphatic heterocycles. The van der Waals surface area contributed by atoms with Gasteiger partial charge in [-0.15, -0.1) is 0 Å². The van der Waals surface area contributed by atoms with Gasteiger partial charge in [-0.05, 0) is 12.1 Å². The lowest BCUT2D eigenvalue weighted by atomic mass is 10.1. The van der Waals surface area contributed by atoms with Crippen LogP contribution < -0.4 is 4.74 Å². The molecule has 0 aliphatic carbocycles. The lowest BCUT2D eigenvalue weighted by Crippen LogP contribution is -2.41. The first kappa shape index (κ1) is 13.0. The molecule has 6 heteroatoms. The molecular weight excluding hydrogens is 261 g/mol. The van der Waals surface area contributed by atoms with Gasteiger partial charge in [0.25, 0.3) is 0 Å². The molecule has 1 N–H and O–H groups in total. The van der Waals surface area contributed by atoms with Gasteiger partial charge in [-0.2, -0.15) is 0 Å². The SMILES string of the molecule is O=C(O)N1CCC(Oc2ccc(F)c(Cl)c2)CC1. The van der Waals surface area contributed by atoms with Crippen LogP contribution in [0.1, 0.15) is 12.8 Å². The summed E-state index contributed by atoms with van der Waals surface area (Å²) in [7, 11) is 0. The molecule has 0 spiro atoms. The highest BCUT2D eigenvalue weighted by Crippen LogP contribution is 2.24. The largest absolute Gasteiger partial charge is 0.490 e. The summed E-state index contributed by atoms with van der Waals surface area (Å²) in [6.45, 7) is 0.907. The molecular formula is C12H13ClFNO3. The quantitative estimate of drug-likeness (QED) is 0.901. The van der Waals surface area contributed by atoms with E-state index in [-0.39, 0.29) is 11.1 Å². The molecule has 0 atom stereocenters. The van der Waals surface area contributed by atoms with Gasteiger partial charge >= 0.3 is 6.09 Å². The zero-order chi connectivity index (χ0) is 13.1. The highest BCUT2D eigenvalue weighted by Gasteiger charge is 2.23. The summed E-state index contributed by atoms with van der Waals surface area (Å²) in [4.78, 5) is 12.1. The lowest BCUT2D eigenvalue weighted by Gasteiger charge is -2.30. The van der Waals surface area contributed by atoms with Crippen LogP contribution in [0, 0.1) is 5.82 Å². The summed E-state index contributed by atoms with van der Waals surface area (Å²) in [5.74, 6) is 0.0277. The molecule has 1 heterocycles. The van der Waals surface area contributed by atoms with E-state index in [0.717, 1.165) is 0 Å². The van der Waals surface area contributed by atoms with Crippen LogP contribution in [0.4, 0.5) is 9.18 Å². The number of carboxylic acid groups (broad SMARTS) is 1. The maximum Gasteiger partial charge on any atom is 0.407 e. The molecule has 1 aromatic rings. The number of hydrogen-bond acceptors (Lipinski definition) is 2. The Morgan fingerprint density at radius 3 is 2.67 bits per heavy atom. The van der Waals surface area contributed by atoms with Gasteiger partial charge in [0.15, 0.2) is 0 Å². The third kappa shape index (κ3) is 3.04. The van der Waals surface area contributed by atoms with Crippen LogP contribution in [0.25, 0.3) is 0 Å². The van der Waals surface area contributed by atoms with Crippen LogP contribution in [0.5, 0.6) is 5.75 Å². The number of nitrogens with zero attached hydrogens (tertiary/aromatic N) is 1. The fraction of sp³-hybridized carbons (Fsp3) is 0.417. The molecule has 18 heavy (non-hydrogen) atoms. The first-order valence-corrected chi connectivity index (χ1v) is 6.03. The predicted molar refractivity (Wildman–Crippen MR) is 64.7 cm³/mol. The van der Waals surface area contributed by atoms with Crippen LogP contribution in [0.2, 0.25) is 5.02 Å². The average molecular weight is 274 g/mol. The van der Waals surface area contributed by atoms with E-state index < -0.39 is 11.9 Å². The number of amides is 1. The molecule has 1 amide bonds. The number of hydrogen-bond donors (Lipinski definition) is 1. The van der Waals surface area contributed by atoms with Gasteiger partial charge in [-0.25, -0.2) is 9.18 Å². The van der Waals surface area contributed by atoms with Gasteiger partial charge in [0.05, 0.1) is 5.02 Å². The number of halogens is 2. The number of benzene rings is 1. The van der Waals surface area contributed by atoms with Gasteiger partial charge in [0.1, 0.15) is 17.7 Å². The zero-order valence-corrected chi connectivity index (χ0v) is 10.4. The minimum atomic E-state index is -0.904. The number of carbonyl (C=O) groups is 1. The topological polar surface area (TPSA) is 49.8 Å². The number of rotatable bonds is 2. The summed E-state index contributed by atoms with van der Waals surface area (Å²) < 4.78 is 18.6. The minimum absolute atomic E-state index is 0.0236. The average Bonchev–Trinajstić information content (AvgIpc) is 2.34. The van der Waals surface area contributed by atoms with Crippen molar-refractivity contribution in [1.82, 2.24) is 4.90 Å². The highest BCUT2D eigenvalue weighted by molar-refractivity contribution is 6.30. The molecule has 0 saturated carbocycles. The van der Waals surface area contributed by atoms with E-state index in [2.05, 4.69) is 0 Å². The number of piperidine rings is 1. The van der Waals surface area contributed by atoms with Crippen molar-refractivity contribution < 1.29 is 19.0 Å². The van der Waals surface area contributed by atoms with E-state index in [0.29, 0.717) is 31.7 Å². The van der Waals surface area contributed by atoms with Crippen molar-refractivity contribution >= 4 is 17.7 Å². The van der Waals surface area contributed by atoms with Crippen molar-refractivity contribution in [3.63, 3.8) is 0 Å². The lowest BCUT2D eigenvalue weighted by molar-refractivity contribution is 0.0894.